The molecule has 1 unspecified atom stereocenters. The van der Waals surface area contributed by atoms with Crippen LogP contribution >= 0.6 is 11.3 Å². The Hall–Kier alpha value is -1.27. The second-order valence-corrected chi connectivity index (χ2v) is 5.19. The molecule has 2 rings (SSSR count). The monoisotopic (exact) mass is 268 g/mol. The van der Waals surface area contributed by atoms with Gasteiger partial charge in [-0.05, 0) is 26.3 Å². The Morgan fingerprint density at radius 1 is 1.56 bits per heavy atom. The zero-order valence-corrected chi connectivity index (χ0v) is 11.3. The Kier molecular flexibility index (Phi) is 4.08. The highest BCUT2D eigenvalue weighted by Gasteiger charge is 2.27. The standard InChI is InChI=1S/C12H16N2O3S/c1-3-17-12(16)9-10(7(2)15)18-11(14-9)8-5-4-6-13-8/h8,13H,3-6H2,1-2H3. The molecule has 1 saturated heterocycles. The maximum Gasteiger partial charge on any atom is 0.358 e. The van der Waals surface area contributed by atoms with Crippen LogP contribution in [0.5, 0.6) is 0 Å². The van der Waals surface area contributed by atoms with Crippen molar-refractivity contribution in [2.24, 2.45) is 0 Å². The third kappa shape index (κ3) is 2.59. The van der Waals surface area contributed by atoms with E-state index in [1.807, 2.05) is 0 Å². The molecule has 1 aliphatic rings. The van der Waals surface area contributed by atoms with Gasteiger partial charge in [-0.15, -0.1) is 11.3 Å². The van der Waals surface area contributed by atoms with Crippen LogP contribution in [-0.4, -0.2) is 29.9 Å². The van der Waals surface area contributed by atoms with Crippen LogP contribution in [0, 0.1) is 0 Å². The van der Waals surface area contributed by atoms with E-state index in [0.29, 0.717) is 4.88 Å². The van der Waals surface area contributed by atoms with Crippen molar-refractivity contribution in [3.05, 3.63) is 15.6 Å². The number of nitrogens with one attached hydrogen (secondary N) is 1. The first-order valence-corrected chi connectivity index (χ1v) is 6.87. The Bertz CT molecular complexity index is 464. The third-order valence-corrected chi connectivity index (χ3v) is 4.06. The zero-order chi connectivity index (χ0) is 13.1. The number of nitrogens with zero attached hydrogens (tertiary/aromatic N) is 1. The van der Waals surface area contributed by atoms with E-state index in [1.54, 1.807) is 6.92 Å². The molecule has 2 heterocycles. The number of hydrogen-bond acceptors (Lipinski definition) is 6. The minimum absolute atomic E-state index is 0.139. The van der Waals surface area contributed by atoms with Gasteiger partial charge in [-0.1, -0.05) is 0 Å². The van der Waals surface area contributed by atoms with Crippen LogP contribution in [0.1, 0.15) is 57.9 Å². The number of ether oxygens (including phenoxy) is 1. The van der Waals surface area contributed by atoms with Crippen molar-refractivity contribution in [1.29, 1.82) is 0 Å². The van der Waals surface area contributed by atoms with Gasteiger partial charge < -0.3 is 10.1 Å². The smallest absolute Gasteiger partial charge is 0.358 e. The summed E-state index contributed by atoms with van der Waals surface area (Å²) in [5.74, 6) is -0.650. The highest BCUT2D eigenvalue weighted by Crippen LogP contribution is 2.29. The van der Waals surface area contributed by atoms with Gasteiger partial charge in [0.15, 0.2) is 11.5 Å². The Balaban J connectivity index is 2.31. The molecule has 1 fully saturated rings. The molecule has 1 aliphatic heterocycles. The van der Waals surface area contributed by atoms with Gasteiger partial charge >= 0.3 is 5.97 Å². The average Bonchev–Trinajstić information content (AvgIpc) is 2.98. The molecule has 0 aromatic carbocycles. The highest BCUT2D eigenvalue weighted by molar-refractivity contribution is 7.14. The topological polar surface area (TPSA) is 68.3 Å². The van der Waals surface area contributed by atoms with E-state index in [1.165, 1.54) is 18.3 Å². The second kappa shape index (κ2) is 5.58. The van der Waals surface area contributed by atoms with Gasteiger partial charge in [-0.2, -0.15) is 0 Å². The number of Topliss-reactive ketones (excluding diaryl/α,β-unsaturated/α-hetero) is 1. The summed E-state index contributed by atoms with van der Waals surface area (Å²) in [6.07, 6.45) is 2.08. The first-order chi connectivity index (χ1) is 8.63. The number of carbonyl (C=O) groups excluding carboxylic acids is 2. The maximum absolute atomic E-state index is 11.7. The summed E-state index contributed by atoms with van der Waals surface area (Å²) >= 11 is 1.30. The lowest BCUT2D eigenvalue weighted by atomic mass is 10.2. The van der Waals surface area contributed by atoms with Crippen molar-refractivity contribution < 1.29 is 14.3 Å². The predicted molar refractivity (Wildman–Crippen MR) is 68.1 cm³/mol. The molecule has 5 nitrogen and oxygen atoms in total. The van der Waals surface area contributed by atoms with Crippen molar-refractivity contribution >= 4 is 23.1 Å². The van der Waals surface area contributed by atoms with Gasteiger partial charge in [-0.25, -0.2) is 9.78 Å². The number of hydrogen-bond donors (Lipinski definition) is 1. The minimum atomic E-state index is -0.511. The number of thiazole rings is 1. The van der Waals surface area contributed by atoms with Crippen LogP contribution in [0.4, 0.5) is 0 Å². The maximum atomic E-state index is 11.7. The third-order valence-electron chi connectivity index (χ3n) is 2.79. The number of aromatic nitrogens is 1. The normalized spacial score (nSPS) is 18.9. The van der Waals surface area contributed by atoms with Crippen LogP contribution in [-0.2, 0) is 4.74 Å². The molecule has 0 amide bonds. The summed E-state index contributed by atoms with van der Waals surface area (Å²) in [5, 5.41) is 4.11. The van der Waals surface area contributed by atoms with Crippen LogP contribution in [0.2, 0.25) is 0 Å². The fourth-order valence-corrected chi connectivity index (χ4v) is 3.02. The predicted octanol–water partition coefficient (Wildman–Crippen LogP) is 1.95. The summed E-state index contributed by atoms with van der Waals surface area (Å²) in [7, 11) is 0. The number of esters is 1. The fraction of sp³-hybridized carbons (Fsp3) is 0.583. The van der Waals surface area contributed by atoms with E-state index in [0.717, 1.165) is 24.4 Å². The van der Waals surface area contributed by atoms with Crippen LogP contribution in [0.3, 0.4) is 0 Å². The fourth-order valence-electron chi connectivity index (χ4n) is 1.96. The summed E-state index contributed by atoms with van der Waals surface area (Å²) in [5.41, 5.74) is 0.165. The van der Waals surface area contributed by atoms with E-state index < -0.39 is 5.97 Å². The molecule has 0 radical (unpaired) electrons. The number of carbonyl (C=O) groups is 2. The van der Waals surface area contributed by atoms with Crippen molar-refractivity contribution in [3.63, 3.8) is 0 Å². The van der Waals surface area contributed by atoms with Crippen molar-refractivity contribution in [2.45, 2.75) is 32.7 Å². The summed E-state index contributed by atoms with van der Waals surface area (Å²) < 4.78 is 4.93. The molecule has 0 spiro atoms. The molecule has 1 aromatic heterocycles. The SMILES string of the molecule is CCOC(=O)c1nc(C2CCCN2)sc1C(C)=O. The summed E-state index contributed by atoms with van der Waals surface area (Å²) in [6.45, 7) is 4.42. The summed E-state index contributed by atoms with van der Waals surface area (Å²) in [4.78, 5) is 28.0. The Morgan fingerprint density at radius 2 is 2.33 bits per heavy atom. The van der Waals surface area contributed by atoms with Crippen molar-refractivity contribution in [3.8, 4) is 0 Å². The molecule has 1 atom stereocenters. The number of ketones is 1. The molecule has 1 N–H and O–H groups in total. The van der Waals surface area contributed by atoms with Crippen LogP contribution in [0.15, 0.2) is 0 Å². The van der Waals surface area contributed by atoms with E-state index in [2.05, 4.69) is 10.3 Å². The van der Waals surface area contributed by atoms with Crippen LogP contribution < -0.4 is 5.32 Å². The van der Waals surface area contributed by atoms with E-state index >= 15 is 0 Å². The number of rotatable bonds is 4. The van der Waals surface area contributed by atoms with Gasteiger partial charge in [0.05, 0.1) is 12.6 Å². The molecule has 0 saturated carbocycles. The van der Waals surface area contributed by atoms with Crippen molar-refractivity contribution in [2.75, 3.05) is 13.2 Å². The van der Waals surface area contributed by atoms with Crippen molar-refractivity contribution in [1.82, 2.24) is 10.3 Å². The van der Waals surface area contributed by atoms with Gasteiger partial charge in [0.2, 0.25) is 0 Å². The van der Waals surface area contributed by atoms with Crippen LogP contribution in [0.25, 0.3) is 0 Å². The molecule has 0 bridgehead atoms. The lowest BCUT2D eigenvalue weighted by Gasteiger charge is -2.04. The first kappa shape index (κ1) is 13.2. The molecule has 1 aromatic rings. The molecule has 0 aliphatic carbocycles. The Labute approximate surface area is 110 Å². The average molecular weight is 268 g/mol. The van der Waals surface area contributed by atoms with Gasteiger partial charge in [0.1, 0.15) is 9.88 Å². The first-order valence-electron chi connectivity index (χ1n) is 6.05. The lowest BCUT2D eigenvalue weighted by Crippen LogP contribution is -2.13. The van der Waals surface area contributed by atoms with Gasteiger partial charge in [-0.3, -0.25) is 4.79 Å². The second-order valence-electron chi connectivity index (χ2n) is 4.16. The molecule has 6 heteroatoms. The lowest BCUT2D eigenvalue weighted by molar-refractivity contribution is 0.0517. The zero-order valence-electron chi connectivity index (χ0n) is 10.5. The van der Waals surface area contributed by atoms with E-state index in [4.69, 9.17) is 4.74 Å². The minimum Gasteiger partial charge on any atom is -0.461 e. The highest BCUT2D eigenvalue weighted by atomic mass is 32.1. The van der Waals surface area contributed by atoms with Gasteiger partial charge in [0.25, 0.3) is 0 Å². The molecule has 98 valence electrons. The Morgan fingerprint density at radius 3 is 2.89 bits per heavy atom. The van der Waals surface area contributed by atoms with E-state index in [-0.39, 0.29) is 24.1 Å². The largest absolute Gasteiger partial charge is 0.461 e. The van der Waals surface area contributed by atoms with E-state index in [9.17, 15) is 9.59 Å². The van der Waals surface area contributed by atoms with Gasteiger partial charge in [0, 0.05) is 6.92 Å². The quantitative estimate of drug-likeness (QED) is 0.667. The molecular formula is C12H16N2O3S. The molecule has 18 heavy (non-hydrogen) atoms. The summed E-state index contributed by atoms with van der Waals surface area (Å²) in [6, 6.07) is 0.163. The molecular weight excluding hydrogens is 252 g/mol.